The summed E-state index contributed by atoms with van der Waals surface area (Å²) >= 11 is 12.4. The molecular formula is C15H12Cl2N2O2. The van der Waals surface area contributed by atoms with Crippen LogP contribution >= 0.6 is 23.2 Å². The van der Waals surface area contributed by atoms with Gasteiger partial charge in [-0.05, 0) is 31.6 Å². The van der Waals surface area contributed by atoms with Gasteiger partial charge in [0.2, 0.25) is 0 Å². The molecule has 1 heterocycles. The van der Waals surface area contributed by atoms with Crippen LogP contribution in [0.2, 0.25) is 0 Å². The normalized spacial score (nSPS) is 28.9. The van der Waals surface area contributed by atoms with Crippen molar-refractivity contribution in [1.82, 2.24) is 0 Å². The highest BCUT2D eigenvalue weighted by Crippen LogP contribution is 2.43. The Kier molecular flexibility index (Phi) is 3.19. The molecule has 108 valence electrons. The zero-order valence-corrected chi connectivity index (χ0v) is 12.9. The number of hydrogen-bond acceptors (Lipinski definition) is 2. The predicted molar refractivity (Wildman–Crippen MR) is 83.4 cm³/mol. The molecule has 6 heteroatoms. The Bertz CT molecular complexity index is 712. The Labute approximate surface area is 132 Å². The number of carbonyl (C=O) groups is 2. The number of halogens is 2. The van der Waals surface area contributed by atoms with Gasteiger partial charge >= 0.3 is 6.03 Å². The maximum atomic E-state index is 12.4. The number of anilines is 1. The lowest BCUT2D eigenvalue weighted by molar-refractivity contribution is -0.115. The lowest BCUT2D eigenvalue weighted by atomic mass is 9.79. The van der Waals surface area contributed by atoms with E-state index in [2.05, 4.69) is 4.99 Å². The maximum Gasteiger partial charge on any atom is 0.349 e. The summed E-state index contributed by atoms with van der Waals surface area (Å²) in [5.74, 6) is -0.382. The van der Waals surface area contributed by atoms with Crippen LogP contribution in [0.15, 0.2) is 45.9 Å². The molecule has 0 spiro atoms. The lowest BCUT2D eigenvalue weighted by Gasteiger charge is -2.41. The van der Waals surface area contributed by atoms with Crippen molar-refractivity contribution in [3.05, 3.63) is 40.9 Å². The van der Waals surface area contributed by atoms with Gasteiger partial charge in [-0.15, -0.1) is 11.6 Å². The van der Waals surface area contributed by atoms with Crippen molar-refractivity contribution in [2.75, 3.05) is 4.90 Å². The Morgan fingerprint density at radius 3 is 2.48 bits per heavy atom. The average molecular weight is 323 g/mol. The number of hydrogen-bond donors (Lipinski definition) is 0. The number of aliphatic imine (C=N–C) groups is 1. The van der Waals surface area contributed by atoms with Gasteiger partial charge in [0.25, 0.3) is 0 Å². The second-order valence-electron chi connectivity index (χ2n) is 5.23. The highest BCUT2D eigenvalue weighted by atomic mass is 35.5. The summed E-state index contributed by atoms with van der Waals surface area (Å²) in [4.78, 5) is 30.1. The number of urea groups is 1. The molecule has 2 aliphatic rings. The first-order valence-corrected chi connectivity index (χ1v) is 7.24. The van der Waals surface area contributed by atoms with Crippen LogP contribution < -0.4 is 4.90 Å². The molecule has 2 atom stereocenters. The zero-order chi connectivity index (χ0) is 15.4. The van der Waals surface area contributed by atoms with E-state index in [1.54, 1.807) is 26.0 Å². The zero-order valence-electron chi connectivity index (χ0n) is 11.4. The molecule has 1 aliphatic carbocycles. The van der Waals surface area contributed by atoms with Gasteiger partial charge in [-0.1, -0.05) is 29.8 Å². The summed E-state index contributed by atoms with van der Waals surface area (Å²) in [6.07, 6.45) is 0. The minimum Gasteiger partial charge on any atom is -0.291 e. The first-order chi connectivity index (χ1) is 9.89. The number of nitrogens with zero attached hydrogens (tertiary/aromatic N) is 2. The molecular weight excluding hydrogens is 311 g/mol. The molecule has 0 radical (unpaired) electrons. The number of alkyl halides is 1. The number of amides is 2. The van der Waals surface area contributed by atoms with E-state index in [9.17, 15) is 9.59 Å². The molecule has 3 rings (SSSR count). The number of Topliss-reactive ketones (excluding diaryl/α,β-unsaturated/α-hetero) is 1. The van der Waals surface area contributed by atoms with Gasteiger partial charge in [0.15, 0.2) is 5.78 Å². The van der Waals surface area contributed by atoms with E-state index >= 15 is 0 Å². The smallest absolute Gasteiger partial charge is 0.291 e. The van der Waals surface area contributed by atoms with Crippen LogP contribution in [0, 0.1) is 0 Å². The first-order valence-electron chi connectivity index (χ1n) is 6.42. The summed E-state index contributed by atoms with van der Waals surface area (Å²) in [5.41, 5.74) is 0.585. The first kappa shape index (κ1) is 14.3. The number of fused-ring (bicyclic) bond motifs is 1. The van der Waals surface area contributed by atoms with Crippen molar-refractivity contribution in [2.24, 2.45) is 4.99 Å². The number of rotatable bonds is 1. The lowest BCUT2D eigenvalue weighted by Crippen LogP contribution is -2.60. The van der Waals surface area contributed by atoms with Gasteiger partial charge in [0.05, 0.1) is 10.7 Å². The molecule has 1 aromatic carbocycles. The maximum absolute atomic E-state index is 12.4. The van der Waals surface area contributed by atoms with E-state index in [0.29, 0.717) is 17.0 Å². The van der Waals surface area contributed by atoms with Gasteiger partial charge in [0.1, 0.15) is 10.9 Å². The van der Waals surface area contributed by atoms with E-state index in [1.807, 2.05) is 18.2 Å². The Morgan fingerprint density at radius 2 is 1.86 bits per heavy atom. The fourth-order valence-electron chi connectivity index (χ4n) is 2.87. The van der Waals surface area contributed by atoms with Crippen molar-refractivity contribution in [3.63, 3.8) is 0 Å². The minimum absolute atomic E-state index is 0.0499. The quantitative estimate of drug-likeness (QED) is 0.742. The van der Waals surface area contributed by atoms with Gasteiger partial charge in [-0.25, -0.2) is 4.79 Å². The fraction of sp³-hybridized carbons (Fsp3) is 0.267. The second-order valence-corrected chi connectivity index (χ2v) is 6.04. The fourth-order valence-corrected chi connectivity index (χ4v) is 3.44. The van der Waals surface area contributed by atoms with Crippen LogP contribution in [0.5, 0.6) is 0 Å². The number of benzene rings is 1. The summed E-state index contributed by atoms with van der Waals surface area (Å²) in [7, 11) is 0. The van der Waals surface area contributed by atoms with Crippen LogP contribution in [-0.2, 0) is 4.79 Å². The number of ketones is 1. The van der Waals surface area contributed by atoms with Crippen molar-refractivity contribution >= 4 is 46.4 Å². The summed E-state index contributed by atoms with van der Waals surface area (Å²) in [5, 5.41) is -0.923. The van der Waals surface area contributed by atoms with Gasteiger partial charge in [-0.2, -0.15) is 4.99 Å². The summed E-state index contributed by atoms with van der Waals surface area (Å²) in [6, 6.07) is 8.60. The highest BCUT2D eigenvalue weighted by molar-refractivity contribution is 6.54. The summed E-state index contributed by atoms with van der Waals surface area (Å²) < 4.78 is 0. The molecule has 0 bridgehead atoms. The highest BCUT2D eigenvalue weighted by Gasteiger charge is 2.57. The van der Waals surface area contributed by atoms with Crippen molar-refractivity contribution < 1.29 is 9.59 Å². The van der Waals surface area contributed by atoms with Gasteiger partial charge in [-0.3, -0.25) is 9.69 Å². The molecule has 2 unspecified atom stereocenters. The van der Waals surface area contributed by atoms with Crippen molar-refractivity contribution in [1.29, 1.82) is 0 Å². The third kappa shape index (κ3) is 1.79. The van der Waals surface area contributed by atoms with E-state index in [0.717, 1.165) is 0 Å². The van der Waals surface area contributed by atoms with E-state index in [-0.39, 0.29) is 10.8 Å². The van der Waals surface area contributed by atoms with E-state index in [1.165, 1.54) is 4.90 Å². The number of carbonyl (C=O) groups excluding carboxylic acids is 2. The van der Waals surface area contributed by atoms with Gasteiger partial charge < -0.3 is 0 Å². The third-order valence-electron chi connectivity index (χ3n) is 3.98. The molecule has 0 fully saturated rings. The molecule has 0 saturated carbocycles. The number of para-hydroxylation sites is 1. The second kappa shape index (κ2) is 4.68. The monoisotopic (exact) mass is 322 g/mol. The van der Waals surface area contributed by atoms with Crippen LogP contribution in [0.1, 0.15) is 13.8 Å². The molecule has 0 N–H and O–H groups in total. The topological polar surface area (TPSA) is 49.7 Å². The predicted octanol–water partition coefficient (Wildman–Crippen LogP) is 3.53. The van der Waals surface area contributed by atoms with E-state index < -0.39 is 16.9 Å². The molecule has 4 nitrogen and oxygen atoms in total. The van der Waals surface area contributed by atoms with Crippen molar-refractivity contribution in [2.45, 2.75) is 24.8 Å². The molecule has 2 amide bonds. The standard InChI is InChI=1S/C15H12Cl2N2O2/c1-8-10(16)11(20)12(17)15(2)13(8)18-14(21)19(15)9-6-4-3-5-7-9/h3-7,12H,1-2H3. The SMILES string of the molecule is CC1=C(Cl)C(=O)C(Cl)C2(C)C1=NC(=O)N2c1ccccc1. The van der Waals surface area contributed by atoms with Crippen LogP contribution in [-0.4, -0.2) is 28.4 Å². The molecule has 0 saturated heterocycles. The minimum atomic E-state index is -1.03. The molecule has 1 aliphatic heterocycles. The Balaban J connectivity index is 2.22. The Morgan fingerprint density at radius 1 is 1.24 bits per heavy atom. The van der Waals surface area contributed by atoms with Crippen molar-refractivity contribution in [3.8, 4) is 0 Å². The van der Waals surface area contributed by atoms with E-state index in [4.69, 9.17) is 23.2 Å². The van der Waals surface area contributed by atoms with Crippen LogP contribution in [0.3, 0.4) is 0 Å². The summed E-state index contributed by atoms with van der Waals surface area (Å²) in [6.45, 7) is 3.42. The Hall–Kier alpha value is -1.65. The van der Waals surface area contributed by atoms with Gasteiger partial charge in [0, 0.05) is 5.69 Å². The number of allylic oxidation sites excluding steroid dienone is 1. The van der Waals surface area contributed by atoms with Crippen LogP contribution in [0.4, 0.5) is 10.5 Å². The van der Waals surface area contributed by atoms with Crippen LogP contribution in [0.25, 0.3) is 0 Å². The third-order valence-corrected chi connectivity index (χ3v) is 5.07. The molecule has 1 aromatic rings. The molecule has 0 aromatic heterocycles. The average Bonchev–Trinajstić information content (AvgIpc) is 2.76. The molecule has 21 heavy (non-hydrogen) atoms. The largest absolute Gasteiger partial charge is 0.349 e.